The highest BCUT2D eigenvalue weighted by Crippen LogP contribution is 2.16. The molecule has 0 atom stereocenters. The molecule has 0 aliphatic heterocycles. The largest absolute Gasteiger partial charge is 0.302 e. The lowest BCUT2D eigenvalue weighted by molar-refractivity contribution is -0.114. The van der Waals surface area contributed by atoms with Crippen LogP contribution in [-0.4, -0.2) is 16.7 Å². The lowest BCUT2D eigenvalue weighted by Gasteiger charge is -1.93. The van der Waals surface area contributed by atoms with Gasteiger partial charge in [0.15, 0.2) is 5.13 Å². The molecule has 0 bridgehead atoms. The van der Waals surface area contributed by atoms with E-state index in [9.17, 15) is 9.59 Å². The predicted octanol–water partition coefficient (Wildman–Crippen LogP) is 2.50. The lowest BCUT2D eigenvalue weighted by atomic mass is 10.2. The number of rotatable bonds is 4. The average molecular weight is 238 g/mol. The van der Waals surface area contributed by atoms with E-state index in [1.54, 1.807) is 5.38 Å². The number of hydrogen-bond donors (Lipinski definition) is 1. The van der Waals surface area contributed by atoms with E-state index < -0.39 is 0 Å². The number of carbonyl (C=O) groups is 2. The number of nitrogens with one attached hydrogen (secondary N) is 1. The first-order chi connectivity index (χ1) is 7.49. The van der Waals surface area contributed by atoms with Gasteiger partial charge in [-0.25, -0.2) is 4.98 Å². The third kappa shape index (κ3) is 3.94. The van der Waals surface area contributed by atoms with E-state index in [4.69, 9.17) is 0 Å². The van der Waals surface area contributed by atoms with Gasteiger partial charge < -0.3 is 5.32 Å². The highest BCUT2D eigenvalue weighted by molar-refractivity contribution is 7.14. The van der Waals surface area contributed by atoms with Crippen LogP contribution in [0.15, 0.2) is 17.5 Å². The van der Waals surface area contributed by atoms with Gasteiger partial charge in [0.25, 0.3) is 0 Å². The zero-order chi connectivity index (χ0) is 12.1. The molecule has 5 heteroatoms. The Morgan fingerprint density at radius 1 is 1.50 bits per heavy atom. The molecule has 1 aromatic rings. The normalized spacial score (nSPS) is 11.0. The average Bonchev–Trinajstić information content (AvgIpc) is 2.61. The molecule has 0 aromatic carbocycles. The van der Waals surface area contributed by atoms with Crippen molar-refractivity contribution in [1.29, 1.82) is 0 Å². The number of aromatic nitrogens is 1. The summed E-state index contributed by atoms with van der Waals surface area (Å²) in [6.07, 6.45) is 3.33. The molecule has 1 heterocycles. The lowest BCUT2D eigenvalue weighted by Crippen LogP contribution is -2.05. The van der Waals surface area contributed by atoms with Crippen LogP contribution < -0.4 is 5.32 Å². The number of amides is 1. The van der Waals surface area contributed by atoms with Crippen LogP contribution in [0.3, 0.4) is 0 Å². The van der Waals surface area contributed by atoms with Gasteiger partial charge in [0.1, 0.15) is 5.69 Å². The van der Waals surface area contributed by atoms with Crippen molar-refractivity contribution in [2.75, 3.05) is 5.32 Å². The van der Waals surface area contributed by atoms with Crippen LogP contribution in [0, 0.1) is 5.92 Å². The second kappa shape index (κ2) is 5.55. The standard InChI is InChI=1S/C11H14N2O2S/c1-7(2)4-5-10(15)9-6-16-11(13-9)12-8(3)14/h4-7H,1-3H3,(H,12,13,14)/b5-4+. The molecule has 0 saturated heterocycles. The Hall–Kier alpha value is -1.49. The van der Waals surface area contributed by atoms with Crippen LogP contribution in [0.1, 0.15) is 31.3 Å². The van der Waals surface area contributed by atoms with Gasteiger partial charge in [-0.2, -0.15) is 0 Å². The zero-order valence-electron chi connectivity index (χ0n) is 9.48. The number of carbonyl (C=O) groups excluding carboxylic acids is 2. The van der Waals surface area contributed by atoms with Crippen molar-refractivity contribution in [3.05, 3.63) is 23.2 Å². The van der Waals surface area contributed by atoms with Crippen LogP contribution in [0.5, 0.6) is 0 Å². The maximum Gasteiger partial charge on any atom is 0.223 e. The van der Waals surface area contributed by atoms with Crippen molar-refractivity contribution in [1.82, 2.24) is 4.98 Å². The Balaban J connectivity index is 2.70. The summed E-state index contributed by atoms with van der Waals surface area (Å²) < 4.78 is 0. The third-order valence-electron chi connectivity index (χ3n) is 1.67. The number of nitrogens with zero attached hydrogens (tertiary/aromatic N) is 1. The zero-order valence-corrected chi connectivity index (χ0v) is 10.3. The molecule has 1 aromatic heterocycles. The summed E-state index contributed by atoms with van der Waals surface area (Å²) in [4.78, 5) is 26.4. The third-order valence-corrected chi connectivity index (χ3v) is 2.43. The molecule has 0 spiro atoms. The summed E-state index contributed by atoms with van der Waals surface area (Å²) >= 11 is 1.24. The number of thiazole rings is 1. The van der Waals surface area contributed by atoms with Gasteiger partial charge in [-0.05, 0) is 12.0 Å². The highest BCUT2D eigenvalue weighted by Gasteiger charge is 2.08. The maximum absolute atomic E-state index is 11.6. The van der Waals surface area contributed by atoms with Crippen molar-refractivity contribution >= 4 is 28.2 Å². The second-order valence-corrected chi connectivity index (χ2v) is 4.54. The minimum atomic E-state index is -0.189. The van der Waals surface area contributed by atoms with Crippen molar-refractivity contribution in [2.24, 2.45) is 5.92 Å². The number of hydrogen-bond acceptors (Lipinski definition) is 4. The van der Waals surface area contributed by atoms with Crippen LogP contribution in [-0.2, 0) is 4.79 Å². The molecule has 16 heavy (non-hydrogen) atoms. The smallest absolute Gasteiger partial charge is 0.223 e. The van der Waals surface area contributed by atoms with Crippen LogP contribution >= 0.6 is 11.3 Å². The van der Waals surface area contributed by atoms with Gasteiger partial charge in [0.05, 0.1) is 0 Å². The Morgan fingerprint density at radius 2 is 2.19 bits per heavy atom. The van der Waals surface area contributed by atoms with E-state index in [2.05, 4.69) is 10.3 Å². The molecule has 1 amide bonds. The quantitative estimate of drug-likeness (QED) is 0.647. The van der Waals surface area contributed by atoms with E-state index in [1.165, 1.54) is 24.3 Å². The van der Waals surface area contributed by atoms with Gasteiger partial charge in [-0.3, -0.25) is 9.59 Å². The fourth-order valence-electron chi connectivity index (χ4n) is 0.960. The first-order valence-electron chi connectivity index (χ1n) is 4.94. The molecular weight excluding hydrogens is 224 g/mol. The van der Waals surface area contributed by atoms with Crippen molar-refractivity contribution in [3.8, 4) is 0 Å². The molecule has 0 aliphatic carbocycles. The van der Waals surface area contributed by atoms with Crippen molar-refractivity contribution in [3.63, 3.8) is 0 Å². The van der Waals surface area contributed by atoms with Gasteiger partial charge in [0.2, 0.25) is 11.7 Å². The molecule has 0 unspecified atom stereocenters. The van der Waals surface area contributed by atoms with Crippen LogP contribution in [0.2, 0.25) is 0 Å². The molecule has 0 aliphatic rings. The van der Waals surface area contributed by atoms with Gasteiger partial charge in [-0.1, -0.05) is 19.9 Å². The first-order valence-corrected chi connectivity index (χ1v) is 5.82. The first kappa shape index (κ1) is 12.6. The molecule has 0 fully saturated rings. The van der Waals surface area contributed by atoms with Gasteiger partial charge in [-0.15, -0.1) is 11.3 Å². The number of allylic oxidation sites excluding steroid dienone is 2. The Morgan fingerprint density at radius 3 is 2.75 bits per heavy atom. The summed E-state index contributed by atoms with van der Waals surface area (Å²) in [5, 5.41) is 4.63. The van der Waals surface area contributed by atoms with E-state index in [1.807, 2.05) is 19.9 Å². The minimum Gasteiger partial charge on any atom is -0.302 e. The fraction of sp³-hybridized carbons (Fsp3) is 0.364. The highest BCUT2D eigenvalue weighted by atomic mass is 32.1. The molecule has 86 valence electrons. The predicted molar refractivity (Wildman–Crippen MR) is 64.7 cm³/mol. The SMILES string of the molecule is CC(=O)Nc1nc(C(=O)/C=C/C(C)C)cs1. The Labute approximate surface area is 98.4 Å². The van der Waals surface area contributed by atoms with Crippen LogP contribution in [0.25, 0.3) is 0 Å². The van der Waals surface area contributed by atoms with E-state index in [0.717, 1.165) is 0 Å². The summed E-state index contributed by atoms with van der Waals surface area (Å²) in [6, 6.07) is 0. The van der Waals surface area contributed by atoms with Crippen molar-refractivity contribution < 1.29 is 9.59 Å². The molecular formula is C11H14N2O2S. The fourth-order valence-corrected chi connectivity index (χ4v) is 1.71. The number of anilines is 1. The summed E-state index contributed by atoms with van der Waals surface area (Å²) in [7, 11) is 0. The van der Waals surface area contributed by atoms with Crippen molar-refractivity contribution in [2.45, 2.75) is 20.8 Å². The van der Waals surface area contributed by atoms with E-state index >= 15 is 0 Å². The monoisotopic (exact) mass is 238 g/mol. The van der Waals surface area contributed by atoms with Gasteiger partial charge in [0, 0.05) is 12.3 Å². The Kier molecular flexibility index (Phi) is 4.37. The molecule has 0 saturated carbocycles. The molecule has 1 rings (SSSR count). The molecule has 1 N–H and O–H groups in total. The van der Waals surface area contributed by atoms with Crippen LogP contribution in [0.4, 0.5) is 5.13 Å². The Bertz CT molecular complexity index is 421. The topological polar surface area (TPSA) is 59.1 Å². The molecule has 4 nitrogen and oxygen atoms in total. The summed E-state index contributed by atoms with van der Waals surface area (Å²) in [6.45, 7) is 5.39. The summed E-state index contributed by atoms with van der Waals surface area (Å²) in [5.41, 5.74) is 0.366. The minimum absolute atomic E-state index is 0.137. The molecule has 0 radical (unpaired) electrons. The number of ketones is 1. The van der Waals surface area contributed by atoms with E-state index in [-0.39, 0.29) is 11.7 Å². The van der Waals surface area contributed by atoms with Gasteiger partial charge >= 0.3 is 0 Å². The summed E-state index contributed by atoms with van der Waals surface area (Å²) in [5.74, 6) is 0.00465. The second-order valence-electron chi connectivity index (χ2n) is 3.69. The van der Waals surface area contributed by atoms with E-state index in [0.29, 0.717) is 16.7 Å². The maximum atomic E-state index is 11.6.